The van der Waals surface area contributed by atoms with Crippen molar-refractivity contribution in [3.8, 4) is 0 Å². The van der Waals surface area contributed by atoms with Gasteiger partial charge >= 0.3 is 11.9 Å². The van der Waals surface area contributed by atoms with E-state index in [4.69, 9.17) is 37.9 Å². The number of hydrogen-bond donors (Lipinski definition) is 2. The highest BCUT2D eigenvalue weighted by Crippen LogP contribution is 2.42. The Labute approximate surface area is 357 Å². The Bertz CT molecular complexity index is 1550. The largest absolute Gasteiger partial charge is 0.467 e. The molecule has 1 aliphatic rings. The van der Waals surface area contributed by atoms with Crippen molar-refractivity contribution in [3.63, 3.8) is 0 Å². The van der Waals surface area contributed by atoms with E-state index >= 15 is 0 Å². The summed E-state index contributed by atoms with van der Waals surface area (Å²) in [6.45, 7) is 13.4. The number of aliphatic hydroxyl groups excluding tert-OH is 1. The zero-order valence-corrected chi connectivity index (χ0v) is 37.8. The molecule has 1 fully saturated rings. The zero-order valence-electron chi connectivity index (χ0n) is 36.8. The number of azide groups is 1. The molecule has 4 unspecified atom stereocenters. The number of hydrogen-bond acceptors (Lipinski definition) is 13. The molecule has 9 atom stereocenters. The third kappa shape index (κ3) is 14.1. The predicted molar refractivity (Wildman–Crippen MR) is 229 cm³/mol. The summed E-state index contributed by atoms with van der Waals surface area (Å²) in [5.41, 5.74) is 9.74. The molecule has 1 saturated heterocycles. The molecule has 1 aliphatic heterocycles. The van der Waals surface area contributed by atoms with Crippen LogP contribution < -0.4 is 10.4 Å². The molecule has 0 bridgehead atoms. The highest BCUT2D eigenvalue weighted by molar-refractivity contribution is 6.98. The molecular formula is C44H69N3O12Si. The maximum atomic E-state index is 13.5. The second kappa shape index (κ2) is 26.1. The molecule has 0 aliphatic carbocycles. The van der Waals surface area contributed by atoms with Crippen molar-refractivity contribution in [2.24, 2.45) is 5.11 Å². The molecule has 0 aromatic heterocycles. The van der Waals surface area contributed by atoms with E-state index in [0.29, 0.717) is 26.1 Å². The van der Waals surface area contributed by atoms with Crippen LogP contribution in [0.4, 0.5) is 0 Å². The molecular weight excluding hydrogens is 791 g/mol. The third-order valence-electron chi connectivity index (χ3n) is 10.9. The van der Waals surface area contributed by atoms with Crippen molar-refractivity contribution in [1.29, 1.82) is 0 Å². The minimum absolute atomic E-state index is 0.227. The lowest BCUT2D eigenvalue weighted by Gasteiger charge is -2.47. The lowest BCUT2D eigenvalue weighted by Crippen LogP contribution is -2.66. The molecule has 0 saturated carbocycles. The van der Waals surface area contributed by atoms with E-state index < -0.39 is 87.1 Å². The molecule has 2 N–H and O–H groups in total. The maximum Gasteiger partial charge on any atom is 0.337 e. The highest BCUT2D eigenvalue weighted by Gasteiger charge is 2.53. The minimum Gasteiger partial charge on any atom is -0.467 e. The number of aliphatic hydroxyl groups is 1. The van der Waals surface area contributed by atoms with Gasteiger partial charge < -0.3 is 47.8 Å². The van der Waals surface area contributed by atoms with Gasteiger partial charge in [0.15, 0.2) is 12.4 Å². The summed E-state index contributed by atoms with van der Waals surface area (Å²) in [4.78, 5) is 42.0. The smallest absolute Gasteiger partial charge is 0.337 e. The van der Waals surface area contributed by atoms with Gasteiger partial charge in [0.1, 0.15) is 24.4 Å². The molecule has 0 amide bonds. The van der Waals surface area contributed by atoms with Gasteiger partial charge in [0, 0.05) is 31.7 Å². The Morgan fingerprint density at radius 1 is 0.917 bits per heavy atom. The van der Waals surface area contributed by atoms with Crippen molar-refractivity contribution in [1.82, 2.24) is 0 Å². The standard InChI is InChI=1S/C44H69N3O12Si/c1-9-12-27-53-31(4)38(54-28-13-10-2)41(42(50)52-8)59-36(30-48)58-39-35(57-43(56-32(5)49)37(46-47-45)40(39)55-29-14-11-3)25-26-44(6,7)60(51,33-21-17-15-18-22-33)34-23-19-16-20-24-34/h15-24,31,35-41,43,48,51H,9-14,25-30H2,1-8H3/t31-,35?,36?,37-,38-,39+,40?,41?,43+/m0/s1. The van der Waals surface area contributed by atoms with E-state index in [0.717, 1.165) is 42.5 Å². The first kappa shape index (κ1) is 50.9. The van der Waals surface area contributed by atoms with E-state index in [1.54, 1.807) is 6.92 Å². The van der Waals surface area contributed by atoms with Crippen molar-refractivity contribution < 1.29 is 57.4 Å². The predicted octanol–water partition coefficient (Wildman–Crippen LogP) is 6.10. The Hall–Kier alpha value is -3.41. The Morgan fingerprint density at radius 3 is 2.00 bits per heavy atom. The van der Waals surface area contributed by atoms with Crippen LogP contribution in [-0.2, 0) is 47.5 Å². The van der Waals surface area contributed by atoms with Crippen molar-refractivity contribution in [3.05, 3.63) is 71.1 Å². The maximum absolute atomic E-state index is 13.5. The molecule has 60 heavy (non-hydrogen) atoms. The van der Waals surface area contributed by atoms with Crippen molar-refractivity contribution in [2.75, 3.05) is 33.5 Å². The quantitative estimate of drug-likeness (QED) is 0.0190. The van der Waals surface area contributed by atoms with E-state index in [1.165, 1.54) is 14.0 Å². The zero-order chi connectivity index (χ0) is 44.1. The van der Waals surface area contributed by atoms with Gasteiger partial charge in [0.2, 0.25) is 6.29 Å². The van der Waals surface area contributed by atoms with Crippen LogP contribution in [-0.4, -0.2) is 119 Å². The van der Waals surface area contributed by atoms with Gasteiger partial charge in [-0.1, -0.05) is 120 Å². The lowest BCUT2D eigenvalue weighted by atomic mass is 9.91. The molecule has 2 aromatic carbocycles. The number of unbranched alkanes of at least 4 members (excludes halogenated alkanes) is 3. The van der Waals surface area contributed by atoms with Crippen molar-refractivity contribution in [2.45, 2.75) is 160 Å². The molecule has 15 nitrogen and oxygen atoms in total. The average molecular weight is 860 g/mol. The summed E-state index contributed by atoms with van der Waals surface area (Å²) in [6.07, 6.45) is -3.57. The molecule has 2 aromatic rings. The summed E-state index contributed by atoms with van der Waals surface area (Å²) >= 11 is 0. The van der Waals surface area contributed by atoms with Crippen LogP contribution in [0.2, 0.25) is 5.04 Å². The molecule has 1 heterocycles. The van der Waals surface area contributed by atoms with Crippen LogP contribution in [0, 0.1) is 0 Å². The monoisotopic (exact) mass is 859 g/mol. The normalized spacial score (nSPS) is 21.6. The summed E-state index contributed by atoms with van der Waals surface area (Å²) in [5.74, 6) is -1.42. The van der Waals surface area contributed by atoms with Crippen LogP contribution in [0.5, 0.6) is 0 Å². The number of carbonyl (C=O) groups is 2. The fourth-order valence-corrected chi connectivity index (χ4v) is 11.2. The van der Waals surface area contributed by atoms with E-state index in [-0.39, 0.29) is 13.0 Å². The van der Waals surface area contributed by atoms with Gasteiger partial charge in [-0.25, -0.2) is 4.79 Å². The van der Waals surface area contributed by atoms with Gasteiger partial charge in [0.05, 0.1) is 25.9 Å². The molecule has 3 rings (SSSR count). The van der Waals surface area contributed by atoms with Gasteiger partial charge in [0.25, 0.3) is 8.32 Å². The molecule has 0 radical (unpaired) electrons. The minimum atomic E-state index is -3.50. The topological polar surface area (TPSA) is 197 Å². The third-order valence-corrected chi connectivity index (χ3v) is 15.5. The molecule has 0 spiro atoms. The Morgan fingerprint density at radius 2 is 1.48 bits per heavy atom. The average Bonchev–Trinajstić information content (AvgIpc) is 3.25. The first-order chi connectivity index (χ1) is 28.8. The fraction of sp³-hybridized carbons (Fsp3) is 0.682. The van der Waals surface area contributed by atoms with Crippen molar-refractivity contribution >= 4 is 30.6 Å². The Balaban J connectivity index is 2.12. The number of carbonyl (C=O) groups excluding carboxylic acids is 2. The summed E-state index contributed by atoms with van der Waals surface area (Å²) < 4.78 is 49.0. The second-order valence-corrected chi connectivity index (χ2v) is 19.7. The SMILES string of the molecule is CCCCOC1[C@H](OC(CO)OC(C(=O)OC)[C@@H](OCCCC)[C@H](C)OCCCC)C(CCC(C)(C)[Si](O)(c2ccccc2)c2ccccc2)O[C@@H](OC(C)=O)[C@H]1N=[N+]=[N-]. The van der Waals surface area contributed by atoms with Gasteiger partial charge in [-0.15, -0.1) is 0 Å². The summed E-state index contributed by atoms with van der Waals surface area (Å²) in [6, 6.07) is 18.0. The van der Waals surface area contributed by atoms with Gasteiger partial charge in [-0.05, 0) is 60.0 Å². The number of rotatable bonds is 28. The number of esters is 2. The molecule has 16 heteroatoms. The number of benzene rings is 2. The number of methoxy groups -OCH3 is 1. The van der Waals surface area contributed by atoms with Crippen LogP contribution in [0.3, 0.4) is 0 Å². The van der Waals surface area contributed by atoms with Gasteiger partial charge in [-0.3, -0.25) is 4.79 Å². The lowest BCUT2D eigenvalue weighted by molar-refractivity contribution is -0.310. The number of ether oxygens (including phenoxy) is 8. The first-order valence-corrected chi connectivity index (χ1v) is 23.3. The van der Waals surface area contributed by atoms with Crippen LogP contribution in [0.15, 0.2) is 65.8 Å². The van der Waals surface area contributed by atoms with Crippen LogP contribution >= 0.6 is 0 Å². The van der Waals surface area contributed by atoms with Crippen LogP contribution in [0.25, 0.3) is 10.4 Å². The van der Waals surface area contributed by atoms with Crippen LogP contribution in [0.1, 0.15) is 99.8 Å². The van der Waals surface area contributed by atoms with E-state index in [1.807, 2.05) is 95.3 Å². The fourth-order valence-electron chi connectivity index (χ4n) is 7.46. The number of nitrogens with zero attached hydrogens (tertiary/aromatic N) is 3. The first-order valence-electron chi connectivity index (χ1n) is 21.4. The van der Waals surface area contributed by atoms with E-state index in [2.05, 4.69) is 10.0 Å². The summed E-state index contributed by atoms with van der Waals surface area (Å²) in [7, 11) is -2.26. The highest BCUT2D eigenvalue weighted by atomic mass is 28.4. The molecule has 336 valence electrons. The second-order valence-electron chi connectivity index (χ2n) is 15.8. The van der Waals surface area contributed by atoms with Gasteiger partial charge in [-0.2, -0.15) is 0 Å². The van der Waals surface area contributed by atoms with E-state index in [9.17, 15) is 25.0 Å². The summed E-state index contributed by atoms with van der Waals surface area (Å²) in [5, 5.41) is 15.8. The Kier molecular flexibility index (Phi) is 22.2.